The molecule has 5 heteroatoms. The largest absolute Gasteiger partial charge is 0.507 e. The zero-order valence-corrected chi connectivity index (χ0v) is 15.5. The van der Waals surface area contributed by atoms with Crippen LogP contribution in [0.15, 0.2) is 46.0 Å². The number of Topliss-reactive ketones (excluding diaryl/α,β-unsaturated/α-hetero) is 3. The molecule has 0 aliphatic heterocycles. The highest BCUT2D eigenvalue weighted by Gasteiger charge is 2.38. The lowest BCUT2D eigenvalue weighted by Crippen LogP contribution is -2.31. The number of aliphatic hydroxyl groups is 2. The Morgan fingerprint density at radius 3 is 2.12 bits per heavy atom. The number of carbonyl (C=O) groups excluding carboxylic acids is 3. The summed E-state index contributed by atoms with van der Waals surface area (Å²) in [5.41, 5.74) is 1.65. The topological polar surface area (TPSA) is 91.7 Å². The zero-order valence-electron chi connectivity index (χ0n) is 15.5. The lowest BCUT2D eigenvalue weighted by molar-refractivity contribution is -0.135. The molecule has 1 aliphatic rings. The highest BCUT2D eigenvalue weighted by atomic mass is 16.3. The molecule has 0 fully saturated rings. The molecule has 0 saturated heterocycles. The van der Waals surface area contributed by atoms with E-state index in [1.54, 1.807) is 19.9 Å². The highest BCUT2D eigenvalue weighted by Crippen LogP contribution is 2.28. The van der Waals surface area contributed by atoms with Crippen LogP contribution in [0.2, 0.25) is 0 Å². The average Bonchev–Trinajstić information content (AvgIpc) is 2.52. The number of ketones is 3. The van der Waals surface area contributed by atoms with Gasteiger partial charge in [-0.3, -0.25) is 14.4 Å². The molecule has 0 aromatic heterocycles. The Morgan fingerprint density at radius 1 is 1.00 bits per heavy atom. The minimum absolute atomic E-state index is 0.0739. The van der Waals surface area contributed by atoms with Crippen molar-refractivity contribution in [1.29, 1.82) is 0 Å². The molecule has 0 aromatic rings. The molecule has 0 amide bonds. The van der Waals surface area contributed by atoms with Crippen molar-refractivity contribution >= 4 is 17.3 Å². The number of hydrogen-bond donors (Lipinski definition) is 2. The van der Waals surface area contributed by atoms with E-state index in [-0.39, 0.29) is 12.0 Å². The molecule has 1 aliphatic carbocycles. The van der Waals surface area contributed by atoms with Crippen molar-refractivity contribution < 1.29 is 24.6 Å². The Balaban J connectivity index is 3.11. The fourth-order valence-corrected chi connectivity index (χ4v) is 2.41. The van der Waals surface area contributed by atoms with Crippen molar-refractivity contribution in [3.63, 3.8) is 0 Å². The van der Waals surface area contributed by atoms with Crippen molar-refractivity contribution in [2.45, 2.75) is 53.9 Å². The molecule has 136 valence electrons. The van der Waals surface area contributed by atoms with Gasteiger partial charge in [-0.25, -0.2) is 0 Å². The van der Waals surface area contributed by atoms with Crippen LogP contribution in [0.4, 0.5) is 0 Å². The van der Waals surface area contributed by atoms with Crippen LogP contribution in [-0.2, 0) is 14.4 Å². The van der Waals surface area contributed by atoms with E-state index in [1.165, 1.54) is 5.57 Å². The SMILES string of the molecule is CC(C)=CCCC(C)=CCC1=C(O)C(=O)C(=O)C(C(=O)C(C)C)=C1O. The number of aliphatic hydroxyl groups excluding tert-OH is 2. The van der Waals surface area contributed by atoms with Crippen LogP contribution < -0.4 is 0 Å². The van der Waals surface area contributed by atoms with Crippen molar-refractivity contribution in [3.05, 3.63) is 46.0 Å². The molecule has 0 radical (unpaired) electrons. The number of rotatable bonds is 7. The van der Waals surface area contributed by atoms with Crippen molar-refractivity contribution in [2.75, 3.05) is 0 Å². The first-order valence-corrected chi connectivity index (χ1v) is 8.35. The molecule has 5 nitrogen and oxygen atoms in total. The highest BCUT2D eigenvalue weighted by molar-refractivity contribution is 6.55. The van der Waals surface area contributed by atoms with Gasteiger partial charge in [0.15, 0.2) is 11.5 Å². The standard InChI is InChI=1S/C20H26O5/c1-11(2)7-6-8-13(5)9-10-14-17(22)15(16(21)12(3)4)19(24)20(25)18(14)23/h7,9,12,22-23H,6,8,10H2,1-5H3. The van der Waals surface area contributed by atoms with Gasteiger partial charge in [0.05, 0.1) is 0 Å². The molecule has 0 heterocycles. The molecular weight excluding hydrogens is 320 g/mol. The van der Waals surface area contributed by atoms with Crippen LogP contribution in [0, 0.1) is 5.92 Å². The van der Waals surface area contributed by atoms with Gasteiger partial charge in [0, 0.05) is 11.5 Å². The molecular formula is C20H26O5. The maximum Gasteiger partial charge on any atom is 0.268 e. The van der Waals surface area contributed by atoms with Gasteiger partial charge in [-0.15, -0.1) is 0 Å². The average molecular weight is 346 g/mol. The number of hydrogen-bond acceptors (Lipinski definition) is 5. The summed E-state index contributed by atoms with van der Waals surface area (Å²) in [6, 6.07) is 0. The van der Waals surface area contributed by atoms with Gasteiger partial charge in [0.2, 0.25) is 5.78 Å². The molecule has 0 bridgehead atoms. The molecule has 0 saturated carbocycles. The summed E-state index contributed by atoms with van der Waals surface area (Å²) in [4.78, 5) is 36.0. The third-order valence-corrected chi connectivity index (χ3v) is 3.97. The quantitative estimate of drug-likeness (QED) is 0.314. The van der Waals surface area contributed by atoms with Crippen LogP contribution >= 0.6 is 0 Å². The second kappa shape index (κ2) is 8.60. The fourth-order valence-electron chi connectivity index (χ4n) is 2.41. The van der Waals surface area contributed by atoms with E-state index in [4.69, 9.17) is 0 Å². The van der Waals surface area contributed by atoms with E-state index in [0.717, 1.165) is 18.4 Å². The summed E-state index contributed by atoms with van der Waals surface area (Å²) < 4.78 is 0. The summed E-state index contributed by atoms with van der Waals surface area (Å²) in [5, 5.41) is 20.2. The van der Waals surface area contributed by atoms with Gasteiger partial charge in [-0.05, 0) is 40.0 Å². The first kappa shape index (κ1) is 20.6. The van der Waals surface area contributed by atoms with Gasteiger partial charge in [-0.1, -0.05) is 37.1 Å². The van der Waals surface area contributed by atoms with Gasteiger partial charge in [0.1, 0.15) is 11.3 Å². The van der Waals surface area contributed by atoms with E-state index in [0.29, 0.717) is 0 Å². The second-order valence-electron chi connectivity index (χ2n) is 6.80. The number of carbonyl (C=O) groups is 3. The smallest absolute Gasteiger partial charge is 0.268 e. The minimum atomic E-state index is -1.15. The van der Waals surface area contributed by atoms with E-state index in [1.807, 2.05) is 20.8 Å². The van der Waals surface area contributed by atoms with Crippen molar-refractivity contribution in [3.8, 4) is 0 Å². The first-order chi connectivity index (χ1) is 11.6. The first-order valence-electron chi connectivity index (χ1n) is 8.35. The summed E-state index contributed by atoms with van der Waals surface area (Å²) in [6.45, 7) is 9.09. The van der Waals surface area contributed by atoms with E-state index >= 15 is 0 Å². The maximum atomic E-state index is 12.1. The normalized spacial score (nSPS) is 16.0. The van der Waals surface area contributed by atoms with Gasteiger partial charge >= 0.3 is 0 Å². The molecule has 0 aromatic carbocycles. The summed E-state index contributed by atoms with van der Waals surface area (Å²) in [5.74, 6) is -4.82. The van der Waals surface area contributed by atoms with Gasteiger partial charge in [0.25, 0.3) is 5.78 Å². The lowest BCUT2D eigenvalue weighted by Gasteiger charge is -2.18. The zero-order chi connectivity index (χ0) is 19.3. The van der Waals surface area contributed by atoms with E-state index in [9.17, 15) is 24.6 Å². The summed E-state index contributed by atoms with van der Waals surface area (Å²) >= 11 is 0. The Labute approximate surface area is 148 Å². The van der Waals surface area contributed by atoms with Gasteiger partial charge in [-0.2, -0.15) is 0 Å². The van der Waals surface area contributed by atoms with E-state index in [2.05, 4.69) is 6.08 Å². The third kappa shape index (κ3) is 5.02. The van der Waals surface area contributed by atoms with Crippen LogP contribution in [0.25, 0.3) is 0 Å². The fraction of sp³-hybridized carbons (Fsp3) is 0.450. The van der Waals surface area contributed by atoms with Crippen molar-refractivity contribution in [1.82, 2.24) is 0 Å². The second-order valence-corrected chi connectivity index (χ2v) is 6.80. The molecule has 2 N–H and O–H groups in total. The number of allylic oxidation sites excluding steroid dienone is 7. The predicted molar refractivity (Wildman–Crippen MR) is 96.2 cm³/mol. The van der Waals surface area contributed by atoms with E-state index < -0.39 is 40.4 Å². The van der Waals surface area contributed by atoms with Crippen molar-refractivity contribution in [2.24, 2.45) is 5.92 Å². The molecule has 25 heavy (non-hydrogen) atoms. The van der Waals surface area contributed by atoms with Crippen LogP contribution in [0.3, 0.4) is 0 Å². The van der Waals surface area contributed by atoms with Gasteiger partial charge < -0.3 is 10.2 Å². The molecule has 0 spiro atoms. The summed E-state index contributed by atoms with van der Waals surface area (Å²) in [6.07, 6.45) is 5.63. The summed E-state index contributed by atoms with van der Waals surface area (Å²) in [7, 11) is 0. The van der Waals surface area contributed by atoms with Crippen LogP contribution in [0.1, 0.15) is 53.9 Å². The Hall–Kier alpha value is -2.43. The maximum absolute atomic E-state index is 12.1. The Kier molecular flexibility index (Phi) is 7.09. The molecule has 0 unspecified atom stereocenters. The Morgan fingerprint density at radius 2 is 1.60 bits per heavy atom. The van der Waals surface area contributed by atoms with Crippen LogP contribution in [-0.4, -0.2) is 27.6 Å². The lowest BCUT2D eigenvalue weighted by atomic mass is 9.86. The predicted octanol–water partition coefficient (Wildman–Crippen LogP) is 4.07. The minimum Gasteiger partial charge on any atom is -0.507 e. The Bertz CT molecular complexity index is 710. The molecule has 1 rings (SSSR count). The third-order valence-electron chi connectivity index (χ3n) is 3.97. The van der Waals surface area contributed by atoms with Crippen LogP contribution in [0.5, 0.6) is 0 Å². The molecule has 0 atom stereocenters. The monoisotopic (exact) mass is 346 g/mol.